The molecule has 2 N–H and O–H groups in total. The third-order valence-corrected chi connectivity index (χ3v) is 10.1. The molecule has 1 atom stereocenters. The van der Waals surface area contributed by atoms with Gasteiger partial charge in [-0.05, 0) is 72.1 Å². The van der Waals surface area contributed by atoms with Gasteiger partial charge in [0.1, 0.15) is 23.8 Å². The third-order valence-electron chi connectivity index (χ3n) is 10.1. The van der Waals surface area contributed by atoms with Crippen molar-refractivity contribution in [2.45, 2.75) is 44.3 Å². The molecule has 296 valence electrons. The Bertz CT molecular complexity index is 2780. The van der Waals surface area contributed by atoms with Crippen LogP contribution in [0.4, 0.5) is 26.3 Å². The number of fused-ring (bicyclic) bond motifs is 2. The van der Waals surface area contributed by atoms with Crippen molar-refractivity contribution < 1.29 is 55.3 Å². The lowest BCUT2D eigenvalue weighted by Gasteiger charge is -2.20. The monoisotopic (exact) mass is 799 g/mol. The summed E-state index contributed by atoms with van der Waals surface area (Å²) in [6.45, 7) is 1.04. The molecule has 0 spiro atoms. The zero-order valence-corrected chi connectivity index (χ0v) is 30.4. The first-order chi connectivity index (χ1) is 27.5. The minimum Gasteiger partial charge on any atom is -0.477 e. The van der Waals surface area contributed by atoms with Crippen molar-refractivity contribution in [2.24, 2.45) is 4.99 Å². The molecule has 1 aliphatic heterocycles. The van der Waals surface area contributed by atoms with Gasteiger partial charge in [-0.3, -0.25) is 0 Å². The molecular weight excluding hydrogens is 768 g/mol. The smallest absolute Gasteiger partial charge is 0.416 e. The van der Waals surface area contributed by atoms with Crippen LogP contribution in [0.25, 0.3) is 33.1 Å². The molecule has 0 bridgehead atoms. The van der Waals surface area contributed by atoms with Gasteiger partial charge >= 0.3 is 24.3 Å². The Hall–Kier alpha value is -6.77. The molecular formula is C43H31F6N3O6. The number of rotatable bonds is 10. The molecule has 0 saturated heterocycles. The topological polar surface area (TPSA) is 119 Å². The van der Waals surface area contributed by atoms with Crippen molar-refractivity contribution in [2.75, 3.05) is 6.61 Å². The number of aromatic nitrogens is 2. The number of para-hydroxylation sites is 2. The molecule has 0 aliphatic carbocycles. The summed E-state index contributed by atoms with van der Waals surface area (Å²) in [6.07, 6.45) is -8.07. The van der Waals surface area contributed by atoms with Gasteiger partial charge in [-0.15, -0.1) is 0 Å². The second-order valence-corrected chi connectivity index (χ2v) is 14.4. The molecule has 8 rings (SSSR count). The molecule has 0 amide bonds. The molecule has 58 heavy (non-hydrogen) atoms. The standard InChI is InChI=1S/C43H31F6N3O6/c1-41(23-58-38(50-41)35-30-11-3-5-13-32(30)51(37(35)40(55)56)21-24-8-6-9-27(17-24)42(44,45)46)20-25-16-26(19-28(18-25)43(47,48)49)22-52-31-12-4-2-10-29(31)34(36(52)39(53)54)33-14-7-15-57-33/h2-19H,20-23H2,1H3,(H,53,54)(H,55,56). The Labute approximate surface area is 325 Å². The highest BCUT2D eigenvalue weighted by atomic mass is 19.4. The summed E-state index contributed by atoms with van der Waals surface area (Å²) < 4.78 is 98.4. The van der Waals surface area contributed by atoms with Gasteiger partial charge in [0, 0.05) is 41.3 Å². The first kappa shape index (κ1) is 38.1. The number of aromatic carboxylic acids is 2. The van der Waals surface area contributed by atoms with Crippen molar-refractivity contribution in [1.82, 2.24) is 9.13 Å². The fraction of sp³-hybridized carbons (Fsp3) is 0.186. The van der Waals surface area contributed by atoms with E-state index in [1.165, 1.54) is 27.5 Å². The molecule has 15 heteroatoms. The number of hydrogen-bond donors (Lipinski definition) is 2. The maximum Gasteiger partial charge on any atom is 0.416 e. The molecule has 4 aromatic carbocycles. The van der Waals surface area contributed by atoms with Crippen LogP contribution in [0.3, 0.4) is 0 Å². The Morgan fingerprint density at radius 2 is 1.26 bits per heavy atom. The molecule has 0 saturated carbocycles. The number of benzene rings is 4. The van der Waals surface area contributed by atoms with E-state index in [1.807, 2.05) is 0 Å². The van der Waals surface area contributed by atoms with Crippen LogP contribution >= 0.6 is 0 Å². The Kier molecular flexibility index (Phi) is 9.21. The zero-order valence-electron chi connectivity index (χ0n) is 30.4. The van der Waals surface area contributed by atoms with Crippen LogP contribution in [-0.2, 0) is 36.6 Å². The number of hydrogen-bond acceptors (Lipinski definition) is 5. The number of halogens is 6. The predicted octanol–water partition coefficient (Wildman–Crippen LogP) is 10.2. The normalized spacial score (nSPS) is 15.9. The minimum absolute atomic E-state index is 0.0802. The number of nitrogens with zero attached hydrogens (tertiary/aromatic N) is 3. The maximum atomic E-state index is 14.5. The van der Waals surface area contributed by atoms with Crippen LogP contribution < -0.4 is 0 Å². The quantitative estimate of drug-likeness (QED) is 0.133. The van der Waals surface area contributed by atoms with E-state index in [-0.39, 0.29) is 77.0 Å². The Morgan fingerprint density at radius 1 is 0.690 bits per heavy atom. The van der Waals surface area contributed by atoms with Crippen molar-refractivity contribution in [3.05, 3.63) is 154 Å². The number of aliphatic imine (C=N–C) groups is 1. The average Bonchev–Trinajstić information content (AvgIpc) is 3.96. The summed E-state index contributed by atoms with van der Waals surface area (Å²) in [7, 11) is 0. The van der Waals surface area contributed by atoms with E-state index in [9.17, 15) is 46.1 Å². The van der Waals surface area contributed by atoms with Gasteiger partial charge in [0.15, 0.2) is 0 Å². The Morgan fingerprint density at radius 3 is 1.86 bits per heavy atom. The van der Waals surface area contributed by atoms with Crippen LogP contribution in [0, 0.1) is 0 Å². The molecule has 4 heterocycles. The van der Waals surface area contributed by atoms with E-state index in [0.29, 0.717) is 21.8 Å². The fourth-order valence-corrected chi connectivity index (χ4v) is 7.79. The summed E-state index contributed by atoms with van der Waals surface area (Å²) in [4.78, 5) is 30.4. The highest BCUT2D eigenvalue weighted by Crippen LogP contribution is 2.39. The summed E-state index contributed by atoms with van der Waals surface area (Å²) >= 11 is 0. The lowest BCUT2D eigenvalue weighted by Crippen LogP contribution is -2.27. The highest BCUT2D eigenvalue weighted by Gasteiger charge is 2.38. The van der Waals surface area contributed by atoms with E-state index < -0.39 is 41.0 Å². The molecule has 9 nitrogen and oxygen atoms in total. The van der Waals surface area contributed by atoms with Crippen molar-refractivity contribution in [3.8, 4) is 11.3 Å². The van der Waals surface area contributed by atoms with Crippen LogP contribution in [0.2, 0.25) is 0 Å². The molecule has 1 aliphatic rings. The Balaban J connectivity index is 1.18. The van der Waals surface area contributed by atoms with E-state index in [4.69, 9.17) is 14.1 Å². The third kappa shape index (κ3) is 6.96. The van der Waals surface area contributed by atoms with E-state index >= 15 is 0 Å². The summed E-state index contributed by atoms with van der Waals surface area (Å²) in [5.41, 5.74) is -1.70. The van der Waals surface area contributed by atoms with Gasteiger partial charge in [0.2, 0.25) is 5.90 Å². The van der Waals surface area contributed by atoms with E-state index in [0.717, 1.165) is 24.3 Å². The lowest BCUT2D eigenvalue weighted by atomic mass is 9.92. The van der Waals surface area contributed by atoms with Gasteiger partial charge < -0.3 is 28.5 Å². The number of alkyl halides is 6. The first-order valence-electron chi connectivity index (χ1n) is 17.8. The predicted molar refractivity (Wildman–Crippen MR) is 201 cm³/mol. The van der Waals surface area contributed by atoms with Crippen LogP contribution in [-0.4, -0.2) is 49.3 Å². The average molecular weight is 800 g/mol. The van der Waals surface area contributed by atoms with Crippen molar-refractivity contribution >= 4 is 39.6 Å². The fourth-order valence-electron chi connectivity index (χ4n) is 7.79. The van der Waals surface area contributed by atoms with Crippen LogP contribution in [0.1, 0.15) is 61.3 Å². The van der Waals surface area contributed by atoms with Gasteiger partial charge in [-0.25, -0.2) is 14.6 Å². The molecule has 3 aromatic heterocycles. The molecule has 7 aromatic rings. The summed E-state index contributed by atoms with van der Waals surface area (Å²) in [5, 5.41) is 21.8. The largest absolute Gasteiger partial charge is 0.477 e. The minimum atomic E-state index is -4.77. The van der Waals surface area contributed by atoms with Crippen LogP contribution in [0.15, 0.2) is 119 Å². The van der Waals surface area contributed by atoms with Gasteiger partial charge in [0.25, 0.3) is 0 Å². The van der Waals surface area contributed by atoms with Gasteiger partial charge in [-0.2, -0.15) is 26.3 Å². The molecule has 1 unspecified atom stereocenters. The van der Waals surface area contributed by atoms with Crippen molar-refractivity contribution in [1.29, 1.82) is 0 Å². The number of carbonyl (C=O) groups is 2. The number of furan rings is 1. The highest BCUT2D eigenvalue weighted by molar-refractivity contribution is 6.15. The van der Waals surface area contributed by atoms with Gasteiger partial charge in [0.05, 0.1) is 34.1 Å². The zero-order chi connectivity index (χ0) is 41.1. The van der Waals surface area contributed by atoms with Crippen molar-refractivity contribution in [3.63, 3.8) is 0 Å². The second-order valence-electron chi connectivity index (χ2n) is 14.4. The first-order valence-corrected chi connectivity index (χ1v) is 17.8. The summed E-state index contributed by atoms with van der Waals surface area (Å²) in [6, 6.07) is 24.7. The van der Waals surface area contributed by atoms with Gasteiger partial charge in [-0.1, -0.05) is 54.6 Å². The lowest BCUT2D eigenvalue weighted by molar-refractivity contribution is -0.138. The molecule has 0 radical (unpaired) electrons. The number of carboxylic acid groups (broad SMARTS) is 2. The van der Waals surface area contributed by atoms with Crippen LogP contribution in [0.5, 0.6) is 0 Å². The summed E-state index contributed by atoms with van der Waals surface area (Å²) in [5.74, 6) is -2.50. The number of ether oxygens (including phenoxy) is 1. The number of carboxylic acids is 2. The maximum absolute atomic E-state index is 14.5. The SMILES string of the molecule is CC1(Cc2cc(Cn3c(C(=O)O)c(-c4ccco4)c4ccccc43)cc(C(F)(F)F)c2)COC(c2c(C(=O)O)n(Cc3cccc(C(F)(F)F)c3)c3ccccc23)=N1. The van der Waals surface area contributed by atoms with E-state index in [2.05, 4.69) is 0 Å². The van der Waals surface area contributed by atoms with E-state index in [1.54, 1.807) is 73.7 Å². The second kappa shape index (κ2) is 14.0. The molecule has 0 fully saturated rings.